The zero-order chi connectivity index (χ0) is 14.5. The Bertz CT molecular complexity index is 604. The molecule has 0 aliphatic carbocycles. The molecule has 1 fully saturated rings. The van der Waals surface area contributed by atoms with Crippen LogP contribution in [-0.2, 0) is 4.79 Å². The van der Waals surface area contributed by atoms with E-state index in [-0.39, 0.29) is 24.6 Å². The molecule has 20 heavy (non-hydrogen) atoms. The van der Waals surface area contributed by atoms with Gasteiger partial charge < -0.3 is 15.3 Å². The van der Waals surface area contributed by atoms with Crippen molar-refractivity contribution in [3.63, 3.8) is 0 Å². The second-order valence-electron chi connectivity index (χ2n) is 4.23. The lowest BCUT2D eigenvalue weighted by Gasteiger charge is -2.26. The van der Waals surface area contributed by atoms with Crippen LogP contribution in [-0.4, -0.2) is 48.1 Å². The second kappa shape index (κ2) is 6.17. The van der Waals surface area contributed by atoms with Gasteiger partial charge in [0.05, 0.1) is 12.1 Å². The number of nitrogens with zero attached hydrogens (tertiary/aromatic N) is 1. The summed E-state index contributed by atoms with van der Waals surface area (Å²) in [6, 6.07) is 3.98. The Morgan fingerprint density at radius 2 is 2.30 bits per heavy atom. The molecular weight excluding hydrogens is 263 g/mol. The van der Waals surface area contributed by atoms with E-state index in [1.165, 1.54) is 17.0 Å². The topological polar surface area (TPSA) is 69.6 Å². The van der Waals surface area contributed by atoms with Crippen LogP contribution < -0.4 is 5.32 Å². The Balaban J connectivity index is 2.20. The van der Waals surface area contributed by atoms with E-state index in [0.717, 1.165) is 6.07 Å². The third-order valence-electron chi connectivity index (χ3n) is 2.84. The minimum Gasteiger partial charge on any atom is -0.384 e. The Hall–Kier alpha value is -2.39. The summed E-state index contributed by atoms with van der Waals surface area (Å²) in [7, 11) is 0. The number of nitrogens with one attached hydrogen (secondary N) is 1. The molecule has 1 aliphatic rings. The molecule has 0 unspecified atom stereocenters. The number of aliphatic hydroxyl groups excluding tert-OH is 1. The number of halogens is 1. The quantitative estimate of drug-likeness (QED) is 0.694. The molecular formula is C14H13FN2O3. The van der Waals surface area contributed by atoms with Gasteiger partial charge in [-0.05, 0) is 18.2 Å². The Kier molecular flexibility index (Phi) is 4.33. The molecule has 1 saturated heterocycles. The normalized spacial score (nSPS) is 14.3. The van der Waals surface area contributed by atoms with Crippen molar-refractivity contribution in [2.75, 3.05) is 26.2 Å². The van der Waals surface area contributed by atoms with Crippen LogP contribution in [0, 0.1) is 17.7 Å². The molecule has 6 heteroatoms. The summed E-state index contributed by atoms with van der Waals surface area (Å²) in [5.74, 6) is 3.50. The molecule has 5 nitrogen and oxygen atoms in total. The summed E-state index contributed by atoms with van der Waals surface area (Å²) in [5.41, 5.74) is 0.290. The molecule has 0 atom stereocenters. The van der Waals surface area contributed by atoms with Crippen molar-refractivity contribution in [1.29, 1.82) is 0 Å². The molecule has 1 heterocycles. The van der Waals surface area contributed by atoms with E-state index < -0.39 is 11.7 Å². The van der Waals surface area contributed by atoms with E-state index in [0.29, 0.717) is 18.7 Å². The predicted octanol–water partition coefficient (Wildman–Crippen LogP) is -0.258. The van der Waals surface area contributed by atoms with Crippen LogP contribution in [0.3, 0.4) is 0 Å². The monoisotopic (exact) mass is 276 g/mol. The van der Waals surface area contributed by atoms with Crippen molar-refractivity contribution < 1.29 is 19.1 Å². The summed E-state index contributed by atoms with van der Waals surface area (Å²) in [4.78, 5) is 24.6. The van der Waals surface area contributed by atoms with Gasteiger partial charge in [0.25, 0.3) is 5.91 Å². The van der Waals surface area contributed by atoms with E-state index >= 15 is 0 Å². The molecule has 1 aromatic rings. The van der Waals surface area contributed by atoms with Gasteiger partial charge in [0.15, 0.2) is 0 Å². The van der Waals surface area contributed by atoms with Crippen LogP contribution in [0.4, 0.5) is 4.39 Å². The molecule has 0 spiro atoms. The minimum atomic E-state index is -0.689. The number of carbonyl (C=O) groups is 2. The predicted molar refractivity (Wildman–Crippen MR) is 69.3 cm³/mol. The SMILES string of the molecule is O=C1CN(C(=O)c2ccc(C#CCO)cc2F)CCN1. The maximum Gasteiger partial charge on any atom is 0.257 e. The first kappa shape index (κ1) is 14.0. The summed E-state index contributed by atoms with van der Waals surface area (Å²) in [5, 5.41) is 11.2. The lowest BCUT2D eigenvalue weighted by molar-refractivity contribution is -0.123. The average molecular weight is 276 g/mol. The van der Waals surface area contributed by atoms with Gasteiger partial charge in [-0.25, -0.2) is 4.39 Å². The van der Waals surface area contributed by atoms with Crippen molar-refractivity contribution in [1.82, 2.24) is 10.2 Å². The molecule has 0 bridgehead atoms. The first-order valence-corrected chi connectivity index (χ1v) is 6.07. The Morgan fingerprint density at radius 3 is 2.95 bits per heavy atom. The lowest BCUT2D eigenvalue weighted by atomic mass is 10.1. The highest BCUT2D eigenvalue weighted by atomic mass is 19.1. The van der Waals surface area contributed by atoms with Gasteiger partial charge in [-0.1, -0.05) is 11.8 Å². The zero-order valence-electron chi connectivity index (χ0n) is 10.6. The van der Waals surface area contributed by atoms with Gasteiger partial charge in [-0.15, -0.1) is 0 Å². The van der Waals surface area contributed by atoms with Crippen molar-refractivity contribution in [2.24, 2.45) is 0 Å². The highest BCUT2D eigenvalue weighted by Crippen LogP contribution is 2.13. The first-order chi connectivity index (χ1) is 9.61. The third kappa shape index (κ3) is 3.13. The number of rotatable bonds is 1. The minimum absolute atomic E-state index is 0.0651. The van der Waals surface area contributed by atoms with Gasteiger partial charge in [-0.2, -0.15) is 0 Å². The number of hydrogen-bond donors (Lipinski definition) is 2. The summed E-state index contributed by atoms with van der Waals surface area (Å²) >= 11 is 0. The molecule has 2 N–H and O–H groups in total. The highest BCUT2D eigenvalue weighted by Gasteiger charge is 2.24. The van der Waals surface area contributed by atoms with E-state index in [1.54, 1.807) is 0 Å². The molecule has 0 aromatic heterocycles. The number of carbonyl (C=O) groups excluding carboxylic acids is 2. The number of hydrogen-bond acceptors (Lipinski definition) is 3. The Labute approximate surface area is 115 Å². The smallest absolute Gasteiger partial charge is 0.257 e. The van der Waals surface area contributed by atoms with Gasteiger partial charge in [0, 0.05) is 18.7 Å². The van der Waals surface area contributed by atoms with Crippen molar-refractivity contribution in [3.8, 4) is 11.8 Å². The molecule has 1 aliphatic heterocycles. The van der Waals surface area contributed by atoms with Crippen LogP contribution in [0.5, 0.6) is 0 Å². The second-order valence-corrected chi connectivity index (χ2v) is 4.23. The summed E-state index contributed by atoms with van der Waals surface area (Å²) in [6.45, 7) is 0.345. The van der Waals surface area contributed by atoms with Crippen molar-refractivity contribution >= 4 is 11.8 Å². The average Bonchev–Trinajstić information content (AvgIpc) is 2.44. The van der Waals surface area contributed by atoms with Gasteiger partial charge in [0.1, 0.15) is 12.4 Å². The van der Waals surface area contributed by atoms with Gasteiger partial charge in [-0.3, -0.25) is 9.59 Å². The van der Waals surface area contributed by atoms with Crippen LogP contribution >= 0.6 is 0 Å². The van der Waals surface area contributed by atoms with Gasteiger partial charge >= 0.3 is 0 Å². The van der Waals surface area contributed by atoms with E-state index in [4.69, 9.17) is 5.11 Å². The zero-order valence-corrected chi connectivity index (χ0v) is 10.6. The highest BCUT2D eigenvalue weighted by molar-refractivity contribution is 5.97. The fourth-order valence-electron chi connectivity index (χ4n) is 1.89. The molecule has 2 amide bonds. The van der Waals surface area contributed by atoms with Crippen molar-refractivity contribution in [2.45, 2.75) is 0 Å². The van der Waals surface area contributed by atoms with Gasteiger partial charge in [0.2, 0.25) is 5.91 Å². The van der Waals surface area contributed by atoms with Crippen LogP contribution in [0.25, 0.3) is 0 Å². The number of amides is 2. The first-order valence-electron chi connectivity index (χ1n) is 6.07. The number of piperazine rings is 1. The lowest BCUT2D eigenvalue weighted by Crippen LogP contribution is -2.50. The Morgan fingerprint density at radius 1 is 1.50 bits per heavy atom. The molecule has 1 aromatic carbocycles. The summed E-state index contributed by atoms with van der Waals surface area (Å²) in [6.07, 6.45) is 0. The fourth-order valence-corrected chi connectivity index (χ4v) is 1.89. The molecule has 0 radical (unpaired) electrons. The largest absolute Gasteiger partial charge is 0.384 e. The third-order valence-corrected chi connectivity index (χ3v) is 2.84. The van der Waals surface area contributed by atoms with Crippen LogP contribution in [0.2, 0.25) is 0 Å². The number of aliphatic hydroxyl groups is 1. The molecule has 104 valence electrons. The van der Waals surface area contributed by atoms with Crippen LogP contribution in [0.1, 0.15) is 15.9 Å². The van der Waals surface area contributed by atoms with Crippen molar-refractivity contribution in [3.05, 3.63) is 35.1 Å². The standard InChI is InChI=1S/C14H13FN2O3/c15-12-8-10(2-1-7-18)3-4-11(12)14(20)17-6-5-16-13(19)9-17/h3-4,8,18H,5-7,9H2,(H,16,19). The summed E-state index contributed by atoms with van der Waals surface area (Å²) < 4.78 is 13.9. The van der Waals surface area contributed by atoms with E-state index in [2.05, 4.69) is 17.2 Å². The van der Waals surface area contributed by atoms with Crippen LogP contribution in [0.15, 0.2) is 18.2 Å². The number of benzene rings is 1. The van der Waals surface area contributed by atoms with E-state index in [1.807, 2.05) is 0 Å². The maximum atomic E-state index is 13.9. The molecule has 2 rings (SSSR count). The van der Waals surface area contributed by atoms with E-state index in [9.17, 15) is 14.0 Å². The maximum absolute atomic E-state index is 13.9. The molecule has 0 saturated carbocycles. The fraction of sp³-hybridized carbons (Fsp3) is 0.286.